The van der Waals surface area contributed by atoms with E-state index in [9.17, 15) is 19.5 Å². The van der Waals surface area contributed by atoms with Crippen LogP contribution in [0.4, 0.5) is 5.69 Å². The van der Waals surface area contributed by atoms with Gasteiger partial charge in [-0.15, -0.1) is 0 Å². The third kappa shape index (κ3) is 3.91. The maximum Gasteiger partial charge on any atom is 0.311 e. The molecule has 1 aromatic heterocycles. The Morgan fingerprint density at radius 2 is 1.86 bits per heavy atom. The lowest BCUT2D eigenvalue weighted by molar-refractivity contribution is -0.154. The molecule has 1 fully saturated rings. The number of hydrogen-bond donors (Lipinski definition) is 2. The number of ether oxygens (including phenoxy) is 1. The Kier molecular flexibility index (Phi) is 5.79. The summed E-state index contributed by atoms with van der Waals surface area (Å²) < 4.78 is 10.4. The zero-order valence-corrected chi connectivity index (χ0v) is 15.5. The Morgan fingerprint density at radius 3 is 2.50 bits per heavy atom. The van der Waals surface area contributed by atoms with Crippen molar-refractivity contribution in [3.05, 3.63) is 54.0 Å². The van der Waals surface area contributed by atoms with Gasteiger partial charge in [-0.1, -0.05) is 12.1 Å². The molecular formula is C20H22N2O6. The van der Waals surface area contributed by atoms with Gasteiger partial charge in [0.15, 0.2) is 5.76 Å². The van der Waals surface area contributed by atoms with Crippen molar-refractivity contribution in [1.29, 1.82) is 0 Å². The molecule has 0 unspecified atom stereocenters. The van der Waals surface area contributed by atoms with Gasteiger partial charge in [-0.3, -0.25) is 14.4 Å². The van der Waals surface area contributed by atoms with Gasteiger partial charge in [0.2, 0.25) is 0 Å². The highest BCUT2D eigenvalue weighted by Crippen LogP contribution is 2.30. The summed E-state index contributed by atoms with van der Waals surface area (Å²) in [5.74, 6) is -1.63. The topological polar surface area (TPSA) is 109 Å². The lowest BCUT2D eigenvalue weighted by Crippen LogP contribution is -2.46. The van der Waals surface area contributed by atoms with Crippen molar-refractivity contribution in [2.24, 2.45) is 5.41 Å². The molecule has 0 radical (unpaired) electrons. The molecule has 1 aliphatic heterocycles. The molecule has 2 heterocycles. The van der Waals surface area contributed by atoms with Gasteiger partial charge in [0.25, 0.3) is 11.8 Å². The molecule has 0 aliphatic carbocycles. The average molecular weight is 386 g/mol. The third-order valence-corrected chi connectivity index (χ3v) is 5.04. The Bertz CT molecular complexity index is 855. The van der Waals surface area contributed by atoms with Gasteiger partial charge in [-0.25, -0.2) is 0 Å². The molecule has 148 valence electrons. The predicted molar refractivity (Wildman–Crippen MR) is 100 cm³/mol. The number of nitrogens with zero attached hydrogens (tertiary/aromatic N) is 1. The lowest BCUT2D eigenvalue weighted by atomic mass is 9.80. The zero-order chi connectivity index (χ0) is 20.1. The van der Waals surface area contributed by atoms with Crippen LogP contribution in [-0.2, 0) is 9.53 Å². The predicted octanol–water partition coefficient (Wildman–Crippen LogP) is 2.17. The molecule has 28 heavy (non-hydrogen) atoms. The van der Waals surface area contributed by atoms with Crippen LogP contribution in [0.1, 0.15) is 33.8 Å². The number of carbonyl (C=O) groups is 3. The number of anilines is 1. The van der Waals surface area contributed by atoms with Crippen LogP contribution in [0.3, 0.4) is 0 Å². The van der Waals surface area contributed by atoms with Crippen LogP contribution in [0.15, 0.2) is 47.1 Å². The van der Waals surface area contributed by atoms with Gasteiger partial charge < -0.3 is 24.5 Å². The Balaban J connectivity index is 1.77. The first-order chi connectivity index (χ1) is 13.4. The summed E-state index contributed by atoms with van der Waals surface area (Å²) in [4.78, 5) is 38.4. The van der Waals surface area contributed by atoms with E-state index in [0.717, 1.165) is 0 Å². The van der Waals surface area contributed by atoms with Crippen LogP contribution in [0, 0.1) is 5.41 Å². The van der Waals surface area contributed by atoms with Crippen molar-refractivity contribution in [1.82, 2.24) is 5.32 Å². The highest BCUT2D eigenvalue weighted by atomic mass is 16.5. The molecule has 0 bridgehead atoms. The fourth-order valence-electron chi connectivity index (χ4n) is 3.21. The summed E-state index contributed by atoms with van der Waals surface area (Å²) in [7, 11) is 1.55. The summed E-state index contributed by atoms with van der Waals surface area (Å²) in [5, 5.41) is 12.3. The number of hydrogen-bond acceptors (Lipinski definition) is 5. The number of carboxylic acids is 1. The number of carboxylic acid groups (broad SMARTS) is 1. The van der Waals surface area contributed by atoms with Crippen LogP contribution < -0.4 is 10.2 Å². The number of benzene rings is 1. The van der Waals surface area contributed by atoms with E-state index < -0.39 is 23.2 Å². The lowest BCUT2D eigenvalue weighted by Gasteiger charge is -2.33. The van der Waals surface area contributed by atoms with Gasteiger partial charge in [0, 0.05) is 26.8 Å². The first-order valence-electron chi connectivity index (χ1n) is 8.94. The number of aliphatic carboxylic acids is 1. The average Bonchev–Trinajstić information content (AvgIpc) is 3.26. The summed E-state index contributed by atoms with van der Waals surface area (Å²) in [5.41, 5.74) is -0.367. The smallest absolute Gasteiger partial charge is 0.311 e. The normalized spacial score (nSPS) is 15.6. The number of furan rings is 1. The number of para-hydroxylation sites is 1. The van der Waals surface area contributed by atoms with E-state index in [4.69, 9.17) is 9.15 Å². The highest BCUT2D eigenvalue weighted by Gasteiger charge is 2.40. The minimum atomic E-state index is -1.04. The van der Waals surface area contributed by atoms with E-state index in [2.05, 4.69) is 5.32 Å². The molecule has 2 aromatic rings. The molecule has 2 N–H and O–H groups in total. The van der Waals surface area contributed by atoms with Gasteiger partial charge >= 0.3 is 5.97 Å². The van der Waals surface area contributed by atoms with Gasteiger partial charge in [-0.2, -0.15) is 0 Å². The van der Waals surface area contributed by atoms with Crippen molar-refractivity contribution in [2.45, 2.75) is 12.8 Å². The summed E-state index contributed by atoms with van der Waals surface area (Å²) >= 11 is 0. The van der Waals surface area contributed by atoms with Crippen molar-refractivity contribution in [3.63, 3.8) is 0 Å². The van der Waals surface area contributed by atoms with Crippen molar-refractivity contribution in [3.8, 4) is 0 Å². The molecule has 0 saturated carbocycles. The highest BCUT2D eigenvalue weighted by molar-refractivity contribution is 6.09. The molecule has 2 amide bonds. The molecule has 1 aromatic carbocycles. The zero-order valence-electron chi connectivity index (χ0n) is 15.5. The molecule has 0 spiro atoms. The van der Waals surface area contributed by atoms with E-state index in [1.165, 1.54) is 11.2 Å². The monoisotopic (exact) mass is 386 g/mol. The van der Waals surface area contributed by atoms with E-state index in [1.54, 1.807) is 43.4 Å². The number of rotatable bonds is 6. The first kappa shape index (κ1) is 19.6. The van der Waals surface area contributed by atoms with Crippen molar-refractivity contribution in [2.75, 3.05) is 31.7 Å². The second-order valence-electron chi connectivity index (χ2n) is 6.74. The number of carbonyl (C=O) groups excluding carboxylic acids is 2. The molecule has 8 heteroatoms. The Hall–Kier alpha value is -3.13. The van der Waals surface area contributed by atoms with Crippen LogP contribution in [0.5, 0.6) is 0 Å². The van der Waals surface area contributed by atoms with Crippen molar-refractivity contribution < 1.29 is 28.6 Å². The number of nitrogens with one attached hydrogen (secondary N) is 1. The molecule has 1 aliphatic rings. The Morgan fingerprint density at radius 1 is 1.14 bits per heavy atom. The van der Waals surface area contributed by atoms with Crippen LogP contribution in [-0.4, -0.2) is 49.7 Å². The van der Waals surface area contributed by atoms with E-state index in [0.29, 0.717) is 31.7 Å². The summed E-state index contributed by atoms with van der Waals surface area (Å²) in [6.07, 6.45) is 2.07. The first-order valence-corrected chi connectivity index (χ1v) is 8.94. The van der Waals surface area contributed by atoms with E-state index in [-0.39, 0.29) is 17.9 Å². The fourth-order valence-corrected chi connectivity index (χ4v) is 3.21. The van der Waals surface area contributed by atoms with Gasteiger partial charge in [-0.05, 0) is 37.1 Å². The van der Waals surface area contributed by atoms with E-state index >= 15 is 0 Å². The SMILES string of the molecule is CN(C(=O)c1ccco1)c1ccccc1C(=O)NCC1(C(=O)O)CCOCC1. The molecule has 0 atom stereocenters. The quantitative estimate of drug-likeness (QED) is 0.788. The minimum Gasteiger partial charge on any atom is -0.481 e. The third-order valence-electron chi connectivity index (χ3n) is 5.04. The van der Waals surface area contributed by atoms with Gasteiger partial charge in [0.1, 0.15) is 0 Å². The number of amides is 2. The Labute approximate surface area is 162 Å². The second-order valence-corrected chi connectivity index (χ2v) is 6.74. The van der Waals surface area contributed by atoms with Crippen LogP contribution in [0.25, 0.3) is 0 Å². The fraction of sp³-hybridized carbons (Fsp3) is 0.350. The maximum atomic E-state index is 12.8. The molecule has 8 nitrogen and oxygen atoms in total. The molecule has 1 saturated heterocycles. The molecular weight excluding hydrogens is 364 g/mol. The summed E-state index contributed by atoms with van der Waals surface area (Å²) in [6.45, 7) is 0.687. The largest absolute Gasteiger partial charge is 0.481 e. The summed E-state index contributed by atoms with van der Waals surface area (Å²) in [6, 6.07) is 9.80. The second kappa shape index (κ2) is 8.26. The standard InChI is InChI=1S/C20H22N2O6/c1-22(18(24)16-7-4-10-28-16)15-6-3-2-5-14(15)17(23)21-13-20(19(25)26)8-11-27-12-9-20/h2-7,10H,8-9,11-13H2,1H3,(H,21,23)(H,25,26). The van der Waals surface area contributed by atoms with Crippen molar-refractivity contribution >= 4 is 23.5 Å². The maximum absolute atomic E-state index is 12.8. The minimum absolute atomic E-state index is 0.00525. The molecule has 3 rings (SSSR count). The van der Waals surface area contributed by atoms with Gasteiger partial charge in [0.05, 0.1) is 22.9 Å². The van der Waals surface area contributed by atoms with Crippen LogP contribution >= 0.6 is 0 Å². The van der Waals surface area contributed by atoms with Crippen LogP contribution in [0.2, 0.25) is 0 Å². The van der Waals surface area contributed by atoms with E-state index in [1.807, 2.05) is 0 Å².